The second kappa shape index (κ2) is 7.89. The quantitative estimate of drug-likeness (QED) is 0.446. The molecule has 3 heterocycles. The SMILES string of the molecule is Cc1cccc(Cn2c(=O)c3cccn3c3ccc(C(=O)NCc4cccs4)cc32)c1. The molecule has 3 aromatic heterocycles. The predicted molar refractivity (Wildman–Crippen MR) is 125 cm³/mol. The summed E-state index contributed by atoms with van der Waals surface area (Å²) in [5.74, 6) is -0.155. The molecule has 5 aromatic rings. The van der Waals surface area contributed by atoms with Crippen molar-refractivity contribution in [2.75, 3.05) is 0 Å². The summed E-state index contributed by atoms with van der Waals surface area (Å²) in [6.45, 7) is 2.97. The van der Waals surface area contributed by atoms with Crippen molar-refractivity contribution in [2.24, 2.45) is 0 Å². The van der Waals surface area contributed by atoms with Gasteiger partial charge in [0.25, 0.3) is 11.5 Å². The van der Waals surface area contributed by atoms with E-state index in [1.165, 1.54) is 0 Å². The standard InChI is InChI=1S/C25H21N3O2S/c1-17-5-2-6-18(13-17)16-28-23-14-19(24(29)26-15-20-7-4-12-31-20)9-10-21(23)27-11-3-8-22(27)25(28)30/h2-14H,15-16H2,1H3,(H,26,29). The van der Waals surface area contributed by atoms with Crippen molar-refractivity contribution in [1.29, 1.82) is 0 Å². The van der Waals surface area contributed by atoms with Crippen molar-refractivity contribution < 1.29 is 4.79 Å². The van der Waals surface area contributed by atoms with Gasteiger partial charge in [0.05, 0.1) is 24.1 Å². The molecule has 1 N–H and O–H groups in total. The summed E-state index contributed by atoms with van der Waals surface area (Å²) in [5.41, 5.74) is 4.90. The lowest BCUT2D eigenvalue weighted by Crippen LogP contribution is -2.25. The minimum absolute atomic E-state index is 0.0739. The van der Waals surface area contributed by atoms with Crippen LogP contribution in [0, 0.1) is 6.92 Å². The summed E-state index contributed by atoms with van der Waals surface area (Å²) in [6.07, 6.45) is 1.88. The van der Waals surface area contributed by atoms with Crippen LogP contribution in [0.5, 0.6) is 0 Å². The molecular weight excluding hydrogens is 406 g/mol. The van der Waals surface area contributed by atoms with Gasteiger partial charge in [0.2, 0.25) is 0 Å². The van der Waals surface area contributed by atoms with Gasteiger partial charge in [-0.1, -0.05) is 35.9 Å². The van der Waals surface area contributed by atoms with E-state index in [0.29, 0.717) is 24.2 Å². The topological polar surface area (TPSA) is 55.5 Å². The Labute approximate surface area is 183 Å². The Morgan fingerprint density at radius 2 is 1.87 bits per heavy atom. The average Bonchev–Trinajstić information content (AvgIpc) is 3.47. The second-order valence-corrected chi connectivity index (χ2v) is 8.64. The minimum Gasteiger partial charge on any atom is -0.347 e. The highest BCUT2D eigenvalue weighted by atomic mass is 32.1. The van der Waals surface area contributed by atoms with Crippen LogP contribution >= 0.6 is 11.3 Å². The number of carbonyl (C=O) groups is 1. The lowest BCUT2D eigenvalue weighted by atomic mass is 10.1. The third-order valence-corrected chi connectivity index (χ3v) is 6.30. The fourth-order valence-electron chi connectivity index (χ4n) is 3.93. The monoisotopic (exact) mass is 427 g/mol. The number of fused-ring (bicyclic) bond motifs is 3. The fraction of sp³-hybridized carbons (Fsp3) is 0.120. The maximum atomic E-state index is 13.3. The highest BCUT2D eigenvalue weighted by Gasteiger charge is 2.14. The molecule has 0 bridgehead atoms. The maximum absolute atomic E-state index is 13.3. The Morgan fingerprint density at radius 1 is 0.968 bits per heavy atom. The van der Waals surface area contributed by atoms with E-state index in [0.717, 1.165) is 27.0 Å². The number of aryl methyl sites for hydroxylation is 1. The van der Waals surface area contributed by atoms with Crippen LogP contribution < -0.4 is 10.9 Å². The summed E-state index contributed by atoms with van der Waals surface area (Å²) in [4.78, 5) is 27.2. The number of hydrogen-bond donors (Lipinski definition) is 1. The molecular formula is C25H21N3O2S. The molecule has 5 nitrogen and oxygen atoms in total. The van der Waals surface area contributed by atoms with Gasteiger partial charge in [-0.2, -0.15) is 0 Å². The summed E-state index contributed by atoms with van der Waals surface area (Å²) in [6, 6.07) is 21.3. The smallest absolute Gasteiger partial charge is 0.275 e. The zero-order valence-electron chi connectivity index (χ0n) is 17.0. The van der Waals surface area contributed by atoms with Crippen molar-refractivity contribution >= 4 is 33.8 Å². The number of nitrogens with zero attached hydrogens (tertiary/aromatic N) is 2. The molecule has 0 unspecified atom stereocenters. The van der Waals surface area contributed by atoms with Crippen LogP contribution in [0.4, 0.5) is 0 Å². The van der Waals surface area contributed by atoms with Gasteiger partial charge in [0, 0.05) is 16.6 Å². The van der Waals surface area contributed by atoms with E-state index in [-0.39, 0.29) is 11.5 Å². The first kappa shape index (κ1) is 19.3. The fourth-order valence-corrected chi connectivity index (χ4v) is 4.57. The second-order valence-electron chi connectivity index (χ2n) is 7.61. The van der Waals surface area contributed by atoms with Crippen LogP contribution in [0.2, 0.25) is 0 Å². The Hall–Kier alpha value is -3.64. The predicted octanol–water partition coefficient (Wildman–Crippen LogP) is 4.60. The molecule has 0 saturated heterocycles. The van der Waals surface area contributed by atoms with Gasteiger partial charge in [-0.25, -0.2) is 0 Å². The molecule has 31 heavy (non-hydrogen) atoms. The number of thiophene rings is 1. The van der Waals surface area contributed by atoms with Crippen molar-refractivity contribution in [3.05, 3.63) is 110 Å². The van der Waals surface area contributed by atoms with E-state index in [1.54, 1.807) is 15.9 Å². The number of rotatable bonds is 5. The van der Waals surface area contributed by atoms with Gasteiger partial charge >= 0.3 is 0 Å². The molecule has 0 aliphatic rings. The molecule has 0 spiro atoms. The number of aromatic nitrogens is 2. The van der Waals surface area contributed by atoms with E-state index in [1.807, 2.05) is 83.6 Å². The van der Waals surface area contributed by atoms with Crippen molar-refractivity contribution in [1.82, 2.24) is 14.3 Å². The number of amides is 1. The van der Waals surface area contributed by atoms with E-state index in [9.17, 15) is 9.59 Å². The summed E-state index contributed by atoms with van der Waals surface area (Å²) < 4.78 is 3.65. The van der Waals surface area contributed by atoms with E-state index in [2.05, 4.69) is 11.4 Å². The van der Waals surface area contributed by atoms with Gasteiger partial charge in [-0.05, 0) is 54.3 Å². The summed E-state index contributed by atoms with van der Waals surface area (Å²) >= 11 is 1.61. The summed E-state index contributed by atoms with van der Waals surface area (Å²) in [7, 11) is 0. The molecule has 5 rings (SSSR count). The van der Waals surface area contributed by atoms with Crippen molar-refractivity contribution in [2.45, 2.75) is 20.0 Å². The van der Waals surface area contributed by atoms with Crippen LogP contribution in [-0.2, 0) is 13.1 Å². The first-order valence-electron chi connectivity index (χ1n) is 10.1. The van der Waals surface area contributed by atoms with Gasteiger partial charge in [-0.3, -0.25) is 9.59 Å². The van der Waals surface area contributed by atoms with Gasteiger partial charge in [0.1, 0.15) is 5.52 Å². The van der Waals surface area contributed by atoms with Gasteiger partial charge in [0.15, 0.2) is 0 Å². The molecule has 0 radical (unpaired) electrons. The van der Waals surface area contributed by atoms with Gasteiger partial charge < -0.3 is 14.3 Å². The molecule has 1 amide bonds. The Bertz CT molecular complexity index is 1460. The Morgan fingerprint density at radius 3 is 2.68 bits per heavy atom. The Balaban J connectivity index is 1.60. The van der Waals surface area contributed by atoms with E-state index < -0.39 is 0 Å². The van der Waals surface area contributed by atoms with Crippen LogP contribution in [0.25, 0.3) is 16.6 Å². The third kappa shape index (κ3) is 3.66. The van der Waals surface area contributed by atoms with Crippen LogP contribution in [-0.4, -0.2) is 14.9 Å². The average molecular weight is 428 g/mol. The molecule has 154 valence electrons. The lowest BCUT2D eigenvalue weighted by molar-refractivity contribution is 0.0951. The largest absolute Gasteiger partial charge is 0.347 e. The van der Waals surface area contributed by atoms with Crippen LogP contribution in [0.1, 0.15) is 26.4 Å². The first-order chi connectivity index (χ1) is 15.1. The number of hydrogen-bond acceptors (Lipinski definition) is 3. The summed E-state index contributed by atoms with van der Waals surface area (Å²) in [5, 5.41) is 4.96. The maximum Gasteiger partial charge on any atom is 0.275 e. The molecule has 6 heteroatoms. The van der Waals surface area contributed by atoms with Crippen molar-refractivity contribution in [3.63, 3.8) is 0 Å². The highest BCUT2D eigenvalue weighted by molar-refractivity contribution is 7.09. The first-order valence-corrected chi connectivity index (χ1v) is 11.0. The van der Waals surface area contributed by atoms with Crippen LogP contribution in [0.15, 0.2) is 83.1 Å². The van der Waals surface area contributed by atoms with E-state index in [4.69, 9.17) is 0 Å². The number of carbonyl (C=O) groups excluding carboxylic acids is 1. The molecule has 0 aliphatic carbocycles. The van der Waals surface area contributed by atoms with E-state index >= 15 is 0 Å². The molecule has 0 saturated carbocycles. The zero-order chi connectivity index (χ0) is 21.4. The van der Waals surface area contributed by atoms with Crippen molar-refractivity contribution in [3.8, 4) is 0 Å². The third-order valence-electron chi connectivity index (χ3n) is 5.43. The normalized spacial score (nSPS) is 11.3. The lowest BCUT2D eigenvalue weighted by Gasteiger charge is -2.14. The van der Waals surface area contributed by atoms with Gasteiger partial charge in [-0.15, -0.1) is 11.3 Å². The molecule has 0 fully saturated rings. The number of benzene rings is 2. The minimum atomic E-state index is -0.155. The van der Waals surface area contributed by atoms with Crippen LogP contribution in [0.3, 0.4) is 0 Å². The Kier molecular flexibility index (Phi) is 4.92. The molecule has 2 aromatic carbocycles. The molecule has 0 aliphatic heterocycles. The molecule has 0 atom stereocenters. The highest BCUT2D eigenvalue weighted by Crippen LogP contribution is 2.19. The zero-order valence-corrected chi connectivity index (χ0v) is 17.9. The number of nitrogens with one attached hydrogen (secondary N) is 1.